The van der Waals surface area contributed by atoms with E-state index in [1.54, 1.807) is 0 Å². The molecular weight excluding hydrogens is 302 g/mol. The summed E-state index contributed by atoms with van der Waals surface area (Å²) in [6.07, 6.45) is 11.9. The highest BCUT2D eigenvalue weighted by Crippen LogP contribution is 2.48. The summed E-state index contributed by atoms with van der Waals surface area (Å²) in [6.45, 7) is 6.52. The highest BCUT2D eigenvalue weighted by atomic mass is 16.5. The molecule has 5 heteroatoms. The second kappa shape index (κ2) is 10.9. The number of ether oxygens (including phenoxy) is 2. The van der Waals surface area contributed by atoms with Crippen molar-refractivity contribution in [3.8, 4) is 0 Å². The molecule has 0 aromatic carbocycles. The van der Waals surface area contributed by atoms with Gasteiger partial charge in [0.2, 0.25) is 0 Å². The van der Waals surface area contributed by atoms with E-state index in [-0.39, 0.29) is 0 Å². The van der Waals surface area contributed by atoms with E-state index in [9.17, 15) is 0 Å². The van der Waals surface area contributed by atoms with Gasteiger partial charge in [-0.05, 0) is 50.9 Å². The fourth-order valence-corrected chi connectivity index (χ4v) is 3.38. The van der Waals surface area contributed by atoms with Crippen molar-refractivity contribution in [1.82, 2.24) is 10.6 Å². The van der Waals surface area contributed by atoms with Gasteiger partial charge >= 0.3 is 0 Å². The van der Waals surface area contributed by atoms with Gasteiger partial charge in [0.05, 0.1) is 6.10 Å². The van der Waals surface area contributed by atoms with Gasteiger partial charge in [-0.2, -0.15) is 0 Å². The molecule has 2 rings (SSSR count). The van der Waals surface area contributed by atoms with Crippen LogP contribution in [-0.2, 0) is 9.47 Å². The number of guanidine groups is 1. The monoisotopic (exact) mass is 339 g/mol. The summed E-state index contributed by atoms with van der Waals surface area (Å²) in [5.41, 5.74) is 0.441. The third-order valence-corrected chi connectivity index (χ3v) is 5.31. The van der Waals surface area contributed by atoms with Crippen LogP contribution in [0.1, 0.15) is 64.7 Å². The van der Waals surface area contributed by atoms with Gasteiger partial charge in [-0.1, -0.05) is 19.3 Å². The zero-order valence-corrected chi connectivity index (χ0v) is 15.7. The van der Waals surface area contributed by atoms with Crippen molar-refractivity contribution in [2.45, 2.75) is 70.8 Å². The molecule has 0 aromatic heterocycles. The summed E-state index contributed by atoms with van der Waals surface area (Å²) in [4.78, 5) is 4.33. The summed E-state index contributed by atoms with van der Waals surface area (Å²) >= 11 is 0. The van der Waals surface area contributed by atoms with Crippen LogP contribution < -0.4 is 10.6 Å². The summed E-state index contributed by atoms with van der Waals surface area (Å²) < 4.78 is 11.5. The molecule has 0 unspecified atom stereocenters. The molecule has 0 heterocycles. The van der Waals surface area contributed by atoms with Crippen LogP contribution in [0.5, 0.6) is 0 Å². The fraction of sp³-hybridized carbons (Fsp3) is 0.947. The van der Waals surface area contributed by atoms with Crippen LogP contribution in [0, 0.1) is 5.41 Å². The van der Waals surface area contributed by atoms with Gasteiger partial charge in [0, 0.05) is 40.0 Å². The minimum atomic E-state index is 0.441. The third kappa shape index (κ3) is 7.39. The summed E-state index contributed by atoms with van der Waals surface area (Å²) in [7, 11) is 1.84. The molecule has 0 aromatic rings. The van der Waals surface area contributed by atoms with Crippen molar-refractivity contribution in [3.05, 3.63) is 0 Å². The molecule has 0 spiro atoms. The zero-order chi connectivity index (χ0) is 17.1. The van der Waals surface area contributed by atoms with Crippen LogP contribution in [0.25, 0.3) is 0 Å². The van der Waals surface area contributed by atoms with Crippen LogP contribution in [0.3, 0.4) is 0 Å². The van der Waals surface area contributed by atoms with Crippen molar-refractivity contribution >= 4 is 5.96 Å². The summed E-state index contributed by atoms with van der Waals surface area (Å²) in [5, 5.41) is 6.88. The molecule has 24 heavy (non-hydrogen) atoms. The Morgan fingerprint density at radius 3 is 2.58 bits per heavy atom. The molecule has 2 N–H and O–H groups in total. The predicted molar refractivity (Wildman–Crippen MR) is 99.6 cm³/mol. The van der Waals surface area contributed by atoms with Gasteiger partial charge in [0.1, 0.15) is 0 Å². The van der Waals surface area contributed by atoms with Gasteiger partial charge in [-0.25, -0.2) is 0 Å². The number of hydrogen-bond acceptors (Lipinski definition) is 3. The van der Waals surface area contributed by atoms with Gasteiger partial charge in [0.15, 0.2) is 5.96 Å². The van der Waals surface area contributed by atoms with Crippen molar-refractivity contribution in [1.29, 1.82) is 0 Å². The minimum Gasteiger partial charge on any atom is -0.382 e. The van der Waals surface area contributed by atoms with Crippen LogP contribution in [0.4, 0.5) is 0 Å². The number of aliphatic imine (C=N–C) groups is 1. The Morgan fingerprint density at radius 1 is 1.12 bits per heavy atom. The molecule has 2 aliphatic carbocycles. The van der Waals surface area contributed by atoms with E-state index < -0.39 is 0 Å². The Balaban J connectivity index is 1.51. The molecule has 0 aliphatic heterocycles. The molecule has 0 radical (unpaired) electrons. The predicted octanol–water partition coefficient (Wildman–Crippen LogP) is 3.10. The molecule has 0 atom stereocenters. The van der Waals surface area contributed by atoms with E-state index in [1.807, 2.05) is 7.05 Å². The van der Waals surface area contributed by atoms with Crippen LogP contribution in [0.2, 0.25) is 0 Å². The maximum atomic E-state index is 5.96. The van der Waals surface area contributed by atoms with Crippen molar-refractivity contribution in [3.63, 3.8) is 0 Å². The van der Waals surface area contributed by atoms with Crippen molar-refractivity contribution in [2.75, 3.05) is 40.0 Å². The highest BCUT2D eigenvalue weighted by Gasteiger charge is 2.41. The standard InChI is InChI=1S/C19H37N3O2/c1-3-23-15-12-19(10-11-19)16-22-18(20-2)21-13-7-14-24-17-8-5-4-6-9-17/h17H,3-16H2,1-2H3,(H2,20,21,22). The van der Waals surface area contributed by atoms with Gasteiger partial charge < -0.3 is 20.1 Å². The van der Waals surface area contributed by atoms with Gasteiger partial charge in [0.25, 0.3) is 0 Å². The Labute approximate surface area is 148 Å². The SMILES string of the molecule is CCOCCC1(CNC(=NC)NCCCOC2CCCCC2)CC1. The van der Waals surface area contributed by atoms with Crippen molar-refractivity contribution in [2.24, 2.45) is 10.4 Å². The number of nitrogens with one attached hydrogen (secondary N) is 2. The van der Waals surface area contributed by atoms with Crippen LogP contribution >= 0.6 is 0 Å². The molecule has 2 aliphatic rings. The first kappa shape index (κ1) is 19.5. The first-order chi connectivity index (χ1) is 11.8. The maximum Gasteiger partial charge on any atom is 0.190 e. The van der Waals surface area contributed by atoms with Crippen molar-refractivity contribution < 1.29 is 9.47 Å². The van der Waals surface area contributed by atoms with E-state index in [0.717, 1.165) is 51.7 Å². The topological polar surface area (TPSA) is 54.9 Å². The number of hydrogen-bond donors (Lipinski definition) is 2. The fourth-order valence-electron chi connectivity index (χ4n) is 3.38. The lowest BCUT2D eigenvalue weighted by molar-refractivity contribution is 0.0277. The van der Waals surface area contributed by atoms with Crippen LogP contribution in [0.15, 0.2) is 4.99 Å². The largest absolute Gasteiger partial charge is 0.382 e. The smallest absolute Gasteiger partial charge is 0.190 e. The molecule has 0 amide bonds. The lowest BCUT2D eigenvalue weighted by atomic mass is 9.98. The lowest BCUT2D eigenvalue weighted by Gasteiger charge is -2.22. The Kier molecular flexibility index (Phi) is 8.89. The van der Waals surface area contributed by atoms with E-state index in [4.69, 9.17) is 9.47 Å². The Hall–Kier alpha value is -0.810. The molecule has 0 saturated heterocycles. The average Bonchev–Trinajstić information content (AvgIpc) is 3.38. The van der Waals surface area contributed by atoms with E-state index in [2.05, 4.69) is 22.5 Å². The van der Waals surface area contributed by atoms with Gasteiger partial charge in [-0.15, -0.1) is 0 Å². The highest BCUT2D eigenvalue weighted by molar-refractivity contribution is 5.79. The normalized spacial score (nSPS) is 20.8. The maximum absolute atomic E-state index is 5.96. The first-order valence-corrected chi connectivity index (χ1v) is 9.92. The molecule has 5 nitrogen and oxygen atoms in total. The first-order valence-electron chi connectivity index (χ1n) is 9.92. The second-order valence-corrected chi connectivity index (χ2v) is 7.28. The van der Waals surface area contributed by atoms with Crippen LogP contribution in [-0.4, -0.2) is 52.0 Å². The third-order valence-electron chi connectivity index (χ3n) is 5.31. The van der Waals surface area contributed by atoms with Gasteiger partial charge in [-0.3, -0.25) is 4.99 Å². The Bertz CT molecular complexity index is 364. The van der Waals surface area contributed by atoms with E-state index in [1.165, 1.54) is 44.9 Å². The zero-order valence-electron chi connectivity index (χ0n) is 15.7. The quantitative estimate of drug-likeness (QED) is 0.345. The number of nitrogens with zero attached hydrogens (tertiary/aromatic N) is 1. The second-order valence-electron chi connectivity index (χ2n) is 7.28. The molecule has 0 bridgehead atoms. The minimum absolute atomic E-state index is 0.441. The summed E-state index contributed by atoms with van der Waals surface area (Å²) in [5.74, 6) is 0.912. The molecule has 2 fully saturated rings. The van der Waals surface area contributed by atoms with E-state index in [0.29, 0.717) is 11.5 Å². The lowest BCUT2D eigenvalue weighted by Crippen LogP contribution is -2.41. The molecular formula is C19H37N3O2. The summed E-state index contributed by atoms with van der Waals surface area (Å²) in [6, 6.07) is 0. The van der Waals surface area contributed by atoms with E-state index >= 15 is 0 Å². The average molecular weight is 340 g/mol. The Morgan fingerprint density at radius 2 is 1.92 bits per heavy atom. The molecule has 2 saturated carbocycles. The molecule has 140 valence electrons. The number of rotatable bonds is 11.